The van der Waals surface area contributed by atoms with Crippen LogP contribution in [0.4, 0.5) is 11.5 Å². The Kier molecular flexibility index (Phi) is 3.04. The van der Waals surface area contributed by atoms with Crippen LogP contribution in [0.3, 0.4) is 0 Å². The molecule has 0 bridgehead atoms. The Morgan fingerprint density at radius 2 is 2.35 bits per heavy atom. The minimum absolute atomic E-state index is 0.159. The van der Waals surface area contributed by atoms with Gasteiger partial charge in [0.2, 0.25) is 5.91 Å². The summed E-state index contributed by atoms with van der Waals surface area (Å²) in [5, 5.41) is 9.34. The highest BCUT2D eigenvalue weighted by molar-refractivity contribution is 5.91. The highest BCUT2D eigenvalue weighted by atomic mass is 16.1. The lowest BCUT2D eigenvalue weighted by molar-refractivity contribution is -0.115. The summed E-state index contributed by atoms with van der Waals surface area (Å²) < 4.78 is 0. The highest BCUT2D eigenvalue weighted by Crippen LogP contribution is 2.06. The Balaban J connectivity index is 1.95. The van der Waals surface area contributed by atoms with Crippen molar-refractivity contribution in [3.05, 3.63) is 35.8 Å². The van der Waals surface area contributed by atoms with Crippen LogP contribution in [-0.2, 0) is 11.2 Å². The molecule has 0 radical (unpaired) electrons. The third-order valence-corrected chi connectivity index (χ3v) is 2.16. The van der Waals surface area contributed by atoms with Gasteiger partial charge in [-0.25, -0.2) is 0 Å². The number of hydrogen-bond acceptors (Lipinski definition) is 4. The predicted molar refractivity (Wildman–Crippen MR) is 64.3 cm³/mol. The lowest BCUT2D eigenvalue weighted by Crippen LogP contribution is -2.15. The van der Waals surface area contributed by atoms with E-state index in [0.717, 1.165) is 5.69 Å². The predicted octanol–water partition coefficient (Wildman–Crippen LogP) is 0.877. The summed E-state index contributed by atoms with van der Waals surface area (Å²) in [5.41, 5.74) is 7.65. The summed E-state index contributed by atoms with van der Waals surface area (Å²) in [7, 11) is 0. The number of carbonyl (C=O) groups is 1. The van der Waals surface area contributed by atoms with Gasteiger partial charge in [-0.2, -0.15) is 5.10 Å². The van der Waals surface area contributed by atoms with Crippen molar-refractivity contribution in [2.24, 2.45) is 0 Å². The first kappa shape index (κ1) is 11.1. The Bertz CT molecular complexity index is 517. The summed E-state index contributed by atoms with van der Waals surface area (Å²) in [4.78, 5) is 15.7. The van der Waals surface area contributed by atoms with Crippen molar-refractivity contribution >= 4 is 17.4 Å². The Labute approximate surface area is 98.3 Å². The Morgan fingerprint density at radius 3 is 2.94 bits per heavy atom. The van der Waals surface area contributed by atoms with E-state index in [1.54, 1.807) is 18.2 Å². The number of aryl methyl sites for hydroxylation is 1. The molecular formula is C11H13N5O. The molecule has 0 aliphatic rings. The second kappa shape index (κ2) is 4.65. The second-order valence-electron chi connectivity index (χ2n) is 3.74. The third kappa shape index (κ3) is 3.04. The standard InChI is InChI=1S/C11H13N5O/c1-7-4-10(16-15-7)14-11(17)5-9-3-2-8(12)6-13-9/h2-4,6H,5,12H2,1H3,(H2,14,15,16,17). The van der Waals surface area contributed by atoms with Crippen molar-refractivity contribution < 1.29 is 4.79 Å². The van der Waals surface area contributed by atoms with Crippen molar-refractivity contribution in [1.82, 2.24) is 15.2 Å². The number of amides is 1. The number of aromatic amines is 1. The van der Waals surface area contributed by atoms with Crippen LogP contribution in [0.15, 0.2) is 24.4 Å². The first-order valence-corrected chi connectivity index (χ1v) is 5.16. The van der Waals surface area contributed by atoms with E-state index < -0.39 is 0 Å². The van der Waals surface area contributed by atoms with E-state index in [2.05, 4.69) is 20.5 Å². The van der Waals surface area contributed by atoms with Gasteiger partial charge in [-0.05, 0) is 19.1 Å². The molecule has 2 aromatic rings. The maximum Gasteiger partial charge on any atom is 0.231 e. The lowest BCUT2D eigenvalue weighted by Gasteiger charge is -2.01. The normalized spacial score (nSPS) is 10.2. The van der Waals surface area contributed by atoms with Gasteiger partial charge in [-0.15, -0.1) is 0 Å². The van der Waals surface area contributed by atoms with E-state index in [-0.39, 0.29) is 12.3 Å². The number of hydrogen-bond donors (Lipinski definition) is 3. The van der Waals surface area contributed by atoms with Crippen LogP contribution in [0, 0.1) is 6.92 Å². The highest BCUT2D eigenvalue weighted by Gasteiger charge is 2.06. The van der Waals surface area contributed by atoms with Crippen LogP contribution in [-0.4, -0.2) is 21.1 Å². The van der Waals surface area contributed by atoms with Crippen molar-refractivity contribution in [2.45, 2.75) is 13.3 Å². The zero-order valence-corrected chi connectivity index (χ0v) is 9.40. The van der Waals surface area contributed by atoms with Gasteiger partial charge in [0.1, 0.15) is 0 Å². The van der Waals surface area contributed by atoms with E-state index in [9.17, 15) is 4.79 Å². The van der Waals surface area contributed by atoms with Gasteiger partial charge in [0.05, 0.1) is 18.3 Å². The number of nitrogens with one attached hydrogen (secondary N) is 2. The van der Waals surface area contributed by atoms with Gasteiger partial charge in [0.25, 0.3) is 0 Å². The SMILES string of the molecule is Cc1cc(NC(=O)Cc2ccc(N)cn2)n[nH]1. The molecule has 2 heterocycles. The molecule has 88 valence electrons. The van der Waals surface area contributed by atoms with Crippen LogP contribution in [0.2, 0.25) is 0 Å². The average Bonchev–Trinajstić information content (AvgIpc) is 2.67. The fraction of sp³-hybridized carbons (Fsp3) is 0.182. The number of aromatic nitrogens is 3. The molecule has 0 aromatic carbocycles. The number of nitrogens with two attached hydrogens (primary N) is 1. The molecule has 0 saturated heterocycles. The van der Waals surface area contributed by atoms with Crippen molar-refractivity contribution in [3.63, 3.8) is 0 Å². The molecule has 0 fully saturated rings. The quantitative estimate of drug-likeness (QED) is 0.730. The van der Waals surface area contributed by atoms with Gasteiger partial charge in [-0.3, -0.25) is 14.9 Å². The van der Waals surface area contributed by atoms with Crippen LogP contribution in [0.5, 0.6) is 0 Å². The van der Waals surface area contributed by atoms with Crippen LogP contribution < -0.4 is 11.1 Å². The van der Waals surface area contributed by atoms with E-state index in [1.807, 2.05) is 6.92 Å². The molecule has 2 rings (SSSR count). The maximum absolute atomic E-state index is 11.6. The zero-order valence-electron chi connectivity index (χ0n) is 9.40. The number of nitrogens with zero attached hydrogens (tertiary/aromatic N) is 2. The monoisotopic (exact) mass is 231 g/mol. The van der Waals surface area contributed by atoms with Gasteiger partial charge < -0.3 is 11.1 Å². The topological polar surface area (TPSA) is 96.7 Å². The van der Waals surface area contributed by atoms with Crippen LogP contribution in [0.25, 0.3) is 0 Å². The molecule has 0 spiro atoms. The number of pyridine rings is 1. The van der Waals surface area contributed by atoms with Gasteiger partial charge in [0.15, 0.2) is 5.82 Å². The largest absolute Gasteiger partial charge is 0.397 e. The number of carbonyl (C=O) groups excluding carboxylic acids is 1. The molecule has 4 N–H and O–H groups in total. The summed E-state index contributed by atoms with van der Waals surface area (Å²) >= 11 is 0. The Hall–Kier alpha value is -2.37. The Morgan fingerprint density at radius 1 is 1.53 bits per heavy atom. The number of anilines is 2. The van der Waals surface area contributed by atoms with Crippen molar-refractivity contribution in [1.29, 1.82) is 0 Å². The molecule has 1 amide bonds. The summed E-state index contributed by atoms with van der Waals surface area (Å²) in [6.07, 6.45) is 1.73. The van der Waals surface area contributed by atoms with Crippen LogP contribution >= 0.6 is 0 Å². The lowest BCUT2D eigenvalue weighted by atomic mass is 10.2. The van der Waals surface area contributed by atoms with Gasteiger partial charge >= 0.3 is 0 Å². The summed E-state index contributed by atoms with van der Waals surface area (Å²) in [5.74, 6) is 0.358. The summed E-state index contributed by atoms with van der Waals surface area (Å²) in [6, 6.07) is 5.20. The van der Waals surface area contributed by atoms with E-state index in [0.29, 0.717) is 17.2 Å². The number of H-pyrrole nitrogens is 1. The fourth-order valence-electron chi connectivity index (χ4n) is 1.37. The first-order valence-electron chi connectivity index (χ1n) is 5.16. The van der Waals surface area contributed by atoms with Gasteiger partial charge in [0, 0.05) is 17.5 Å². The number of rotatable bonds is 3. The molecule has 0 unspecified atom stereocenters. The van der Waals surface area contributed by atoms with Crippen molar-refractivity contribution in [3.8, 4) is 0 Å². The fourth-order valence-corrected chi connectivity index (χ4v) is 1.37. The molecule has 2 aromatic heterocycles. The second-order valence-corrected chi connectivity index (χ2v) is 3.74. The molecule has 0 saturated carbocycles. The van der Waals surface area contributed by atoms with Crippen LogP contribution in [0.1, 0.15) is 11.4 Å². The zero-order chi connectivity index (χ0) is 12.3. The average molecular weight is 231 g/mol. The van der Waals surface area contributed by atoms with Crippen molar-refractivity contribution in [2.75, 3.05) is 11.1 Å². The molecule has 17 heavy (non-hydrogen) atoms. The van der Waals surface area contributed by atoms with E-state index >= 15 is 0 Å². The summed E-state index contributed by atoms with van der Waals surface area (Å²) in [6.45, 7) is 1.87. The minimum Gasteiger partial charge on any atom is -0.397 e. The molecular weight excluding hydrogens is 218 g/mol. The molecule has 6 heteroatoms. The molecule has 6 nitrogen and oxygen atoms in total. The smallest absolute Gasteiger partial charge is 0.231 e. The van der Waals surface area contributed by atoms with E-state index in [1.165, 1.54) is 6.20 Å². The molecule has 0 atom stereocenters. The number of nitrogen functional groups attached to an aromatic ring is 1. The minimum atomic E-state index is -0.159. The maximum atomic E-state index is 11.6. The molecule has 0 aliphatic carbocycles. The third-order valence-electron chi connectivity index (χ3n) is 2.16. The molecule has 0 aliphatic heterocycles. The first-order chi connectivity index (χ1) is 8.13. The van der Waals surface area contributed by atoms with E-state index in [4.69, 9.17) is 5.73 Å². The van der Waals surface area contributed by atoms with Gasteiger partial charge in [-0.1, -0.05) is 0 Å².